The van der Waals surface area contributed by atoms with Crippen LogP contribution in [0.1, 0.15) is 40.5 Å². The van der Waals surface area contributed by atoms with Crippen LogP contribution in [0.4, 0.5) is 13.2 Å². The number of hydrogen-bond acceptors (Lipinski definition) is 5. The predicted molar refractivity (Wildman–Crippen MR) is 100 cm³/mol. The van der Waals surface area contributed by atoms with E-state index in [1.54, 1.807) is 27.7 Å². The maximum atomic E-state index is 12.5. The first-order valence-corrected chi connectivity index (χ1v) is 9.23. The van der Waals surface area contributed by atoms with E-state index in [0.717, 1.165) is 0 Å². The summed E-state index contributed by atoms with van der Waals surface area (Å²) in [5, 5.41) is 18.5. The standard InChI is InChI=1S/C18H30F3N5O3/c1-6-11(15(28)23-5)7-12(8-22)26-13(27)9-24-16(29)14(17(2,3)4)25-10-18(19,20)21/h11-12,14,25H,6-7,9-10H2,1-5H3,(H,23,28)(H,24,29)(H,26,27). The average molecular weight is 421 g/mol. The Morgan fingerprint density at radius 3 is 2.10 bits per heavy atom. The van der Waals surface area contributed by atoms with Gasteiger partial charge in [-0.1, -0.05) is 27.7 Å². The summed E-state index contributed by atoms with van der Waals surface area (Å²) in [5.74, 6) is -2.15. The van der Waals surface area contributed by atoms with Crippen molar-refractivity contribution in [2.24, 2.45) is 11.3 Å². The van der Waals surface area contributed by atoms with E-state index in [4.69, 9.17) is 0 Å². The molecule has 0 saturated heterocycles. The predicted octanol–water partition coefficient (Wildman–Crippen LogP) is 0.840. The number of nitriles is 1. The zero-order valence-electron chi connectivity index (χ0n) is 17.4. The Kier molecular flexibility index (Phi) is 10.7. The SMILES string of the molecule is CCC(CC(C#N)NC(=O)CNC(=O)C(NCC(F)(F)F)C(C)(C)C)C(=O)NC. The highest BCUT2D eigenvalue weighted by Crippen LogP contribution is 2.21. The summed E-state index contributed by atoms with van der Waals surface area (Å²) in [6.07, 6.45) is -3.91. The van der Waals surface area contributed by atoms with Crippen molar-refractivity contribution in [2.45, 2.75) is 58.8 Å². The lowest BCUT2D eigenvalue weighted by molar-refractivity contribution is -0.136. The minimum Gasteiger partial charge on any atom is -0.359 e. The van der Waals surface area contributed by atoms with Crippen molar-refractivity contribution < 1.29 is 27.6 Å². The molecule has 0 rings (SSSR count). The number of nitrogens with zero attached hydrogens (tertiary/aromatic N) is 1. The molecule has 4 N–H and O–H groups in total. The van der Waals surface area contributed by atoms with Gasteiger partial charge in [0.2, 0.25) is 17.7 Å². The molecule has 0 aliphatic rings. The van der Waals surface area contributed by atoms with Crippen LogP contribution in [-0.2, 0) is 14.4 Å². The van der Waals surface area contributed by atoms with Crippen molar-refractivity contribution in [3.05, 3.63) is 0 Å². The van der Waals surface area contributed by atoms with Gasteiger partial charge in [-0.15, -0.1) is 0 Å². The zero-order chi connectivity index (χ0) is 22.8. The molecule has 3 amide bonds. The third-order valence-electron chi connectivity index (χ3n) is 4.18. The second-order valence-electron chi connectivity index (χ2n) is 7.72. The minimum atomic E-state index is -4.48. The summed E-state index contributed by atoms with van der Waals surface area (Å²) < 4.78 is 37.4. The minimum absolute atomic E-state index is 0.101. The van der Waals surface area contributed by atoms with E-state index in [2.05, 4.69) is 21.3 Å². The van der Waals surface area contributed by atoms with E-state index < -0.39 is 54.5 Å². The van der Waals surface area contributed by atoms with Crippen LogP contribution in [0.5, 0.6) is 0 Å². The van der Waals surface area contributed by atoms with Crippen LogP contribution in [0, 0.1) is 22.7 Å². The Hall–Kier alpha value is -2.35. The van der Waals surface area contributed by atoms with E-state index in [9.17, 15) is 32.8 Å². The Morgan fingerprint density at radius 1 is 1.10 bits per heavy atom. The fourth-order valence-electron chi connectivity index (χ4n) is 2.62. The van der Waals surface area contributed by atoms with Crippen molar-refractivity contribution in [3.8, 4) is 6.07 Å². The highest BCUT2D eigenvalue weighted by molar-refractivity contribution is 5.88. The molecule has 0 aromatic carbocycles. The van der Waals surface area contributed by atoms with Crippen molar-refractivity contribution in [1.29, 1.82) is 5.26 Å². The number of halogens is 3. The second-order valence-corrected chi connectivity index (χ2v) is 7.72. The molecule has 0 fully saturated rings. The summed E-state index contributed by atoms with van der Waals surface area (Å²) in [4.78, 5) is 36.0. The molecule has 166 valence electrons. The number of carbonyl (C=O) groups is 3. The van der Waals surface area contributed by atoms with Crippen LogP contribution in [-0.4, -0.2) is 56.1 Å². The largest absolute Gasteiger partial charge is 0.401 e. The molecule has 0 aliphatic heterocycles. The number of carbonyl (C=O) groups excluding carboxylic acids is 3. The fraction of sp³-hybridized carbons (Fsp3) is 0.778. The topological polar surface area (TPSA) is 123 Å². The van der Waals surface area contributed by atoms with Gasteiger partial charge < -0.3 is 16.0 Å². The van der Waals surface area contributed by atoms with Crippen LogP contribution in [0.15, 0.2) is 0 Å². The molecule has 0 heterocycles. The van der Waals surface area contributed by atoms with Gasteiger partial charge in [-0.3, -0.25) is 19.7 Å². The first-order valence-electron chi connectivity index (χ1n) is 9.23. The number of rotatable bonds is 10. The van der Waals surface area contributed by atoms with E-state index in [0.29, 0.717) is 6.42 Å². The van der Waals surface area contributed by atoms with Crippen molar-refractivity contribution >= 4 is 17.7 Å². The molecule has 0 aromatic rings. The van der Waals surface area contributed by atoms with Crippen molar-refractivity contribution in [3.63, 3.8) is 0 Å². The monoisotopic (exact) mass is 421 g/mol. The van der Waals surface area contributed by atoms with Gasteiger partial charge in [-0.25, -0.2) is 0 Å². The average Bonchev–Trinajstić information content (AvgIpc) is 2.60. The molecule has 0 saturated carbocycles. The molecule has 0 aliphatic carbocycles. The van der Waals surface area contributed by atoms with Crippen LogP contribution < -0.4 is 21.3 Å². The van der Waals surface area contributed by atoms with E-state index in [1.165, 1.54) is 7.05 Å². The van der Waals surface area contributed by atoms with Gasteiger partial charge in [0.05, 0.1) is 25.2 Å². The van der Waals surface area contributed by atoms with Gasteiger partial charge in [0, 0.05) is 13.0 Å². The van der Waals surface area contributed by atoms with E-state index >= 15 is 0 Å². The first kappa shape index (κ1) is 26.6. The highest BCUT2D eigenvalue weighted by Gasteiger charge is 2.36. The van der Waals surface area contributed by atoms with Crippen LogP contribution in [0.3, 0.4) is 0 Å². The van der Waals surface area contributed by atoms with E-state index in [-0.39, 0.29) is 12.3 Å². The molecule has 8 nitrogen and oxygen atoms in total. The van der Waals surface area contributed by atoms with Crippen LogP contribution in [0.25, 0.3) is 0 Å². The number of nitrogens with one attached hydrogen (secondary N) is 4. The molecule has 11 heteroatoms. The Labute approximate surface area is 169 Å². The normalized spacial score (nSPS) is 14.9. The lowest BCUT2D eigenvalue weighted by atomic mass is 9.86. The Bertz CT molecular complexity index is 611. The van der Waals surface area contributed by atoms with Crippen LogP contribution in [0.2, 0.25) is 0 Å². The summed E-state index contributed by atoms with van der Waals surface area (Å²) in [5.41, 5.74) is -0.830. The highest BCUT2D eigenvalue weighted by atomic mass is 19.4. The molecular formula is C18H30F3N5O3. The Balaban J connectivity index is 4.80. The molecule has 29 heavy (non-hydrogen) atoms. The maximum absolute atomic E-state index is 12.5. The first-order chi connectivity index (χ1) is 13.2. The van der Waals surface area contributed by atoms with Gasteiger partial charge in [-0.2, -0.15) is 18.4 Å². The summed E-state index contributed by atoms with van der Waals surface area (Å²) >= 11 is 0. The van der Waals surface area contributed by atoms with Gasteiger partial charge in [-0.05, 0) is 18.3 Å². The zero-order valence-corrected chi connectivity index (χ0v) is 17.4. The van der Waals surface area contributed by atoms with E-state index in [1.807, 2.05) is 6.07 Å². The van der Waals surface area contributed by atoms with Gasteiger partial charge >= 0.3 is 6.18 Å². The molecule has 0 spiro atoms. The van der Waals surface area contributed by atoms with Crippen LogP contribution >= 0.6 is 0 Å². The Morgan fingerprint density at radius 2 is 1.69 bits per heavy atom. The lowest BCUT2D eigenvalue weighted by Crippen LogP contribution is -2.55. The molecule has 0 aromatic heterocycles. The van der Waals surface area contributed by atoms with Gasteiger partial charge in [0.1, 0.15) is 6.04 Å². The van der Waals surface area contributed by atoms with Crippen molar-refractivity contribution in [2.75, 3.05) is 20.1 Å². The smallest absolute Gasteiger partial charge is 0.359 e. The third-order valence-corrected chi connectivity index (χ3v) is 4.18. The summed E-state index contributed by atoms with van der Waals surface area (Å²) in [7, 11) is 1.47. The number of amides is 3. The lowest BCUT2D eigenvalue weighted by Gasteiger charge is -2.30. The van der Waals surface area contributed by atoms with Gasteiger partial charge in [0.15, 0.2) is 0 Å². The van der Waals surface area contributed by atoms with Crippen molar-refractivity contribution in [1.82, 2.24) is 21.3 Å². The van der Waals surface area contributed by atoms with Gasteiger partial charge in [0.25, 0.3) is 0 Å². The number of hydrogen-bond donors (Lipinski definition) is 4. The quantitative estimate of drug-likeness (QED) is 0.416. The summed E-state index contributed by atoms with van der Waals surface area (Å²) in [6, 6.07) is -0.234. The number of alkyl halides is 3. The molecule has 3 atom stereocenters. The molecular weight excluding hydrogens is 391 g/mol. The fourth-order valence-corrected chi connectivity index (χ4v) is 2.62. The summed E-state index contributed by atoms with van der Waals surface area (Å²) in [6.45, 7) is 4.70. The third kappa shape index (κ3) is 10.7. The molecule has 0 radical (unpaired) electrons. The maximum Gasteiger partial charge on any atom is 0.401 e. The molecule has 0 bridgehead atoms. The second kappa shape index (κ2) is 11.6. The molecule has 3 unspecified atom stereocenters.